The Morgan fingerprint density at radius 1 is 0.781 bits per heavy atom. The second kappa shape index (κ2) is 10.6. The molecule has 1 heterocycles. The molecule has 2 fully saturated rings. The van der Waals surface area contributed by atoms with E-state index in [1.165, 1.54) is 56.2 Å². The average Bonchev–Trinajstić information content (AvgIpc) is 2.82. The van der Waals surface area contributed by atoms with Crippen LogP contribution in [-0.4, -0.2) is 8.41 Å². The van der Waals surface area contributed by atoms with E-state index >= 15 is 4.11 Å². The molecule has 0 bridgehead atoms. The molecule has 1 saturated heterocycles. The van der Waals surface area contributed by atoms with E-state index in [0.717, 1.165) is 49.3 Å². The van der Waals surface area contributed by atoms with Crippen molar-refractivity contribution in [2.24, 2.45) is 5.92 Å². The fourth-order valence-corrected chi connectivity index (χ4v) is 10.2. The molecule has 1 saturated carbocycles. The molecule has 0 radical (unpaired) electrons. The lowest BCUT2D eigenvalue weighted by Gasteiger charge is -2.40. The Bertz CT molecular complexity index is 863. The van der Waals surface area contributed by atoms with E-state index in [4.69, 9.17) is 0 Å². The van der Waals surface area contributed by atoms with Gasteiger partial charge in [-0.2, -0.15) is 0 Å². The van der Waals surface area contributed by atoms with Gasteiger partial charge in [-0.1, -0.05) is 88.6 Å². The monoisotopic (exact) mass is 458 g/mol. The van der Waals surface area contributed by atoms with Crippen LogP contribution >= 0.6 is 0 Å². The van der Waals surface area contributed by atoms with Crippen LogP contribution in [0.2, 0.25) is 17.6 Å². The first-order valence-electron chi connectivity index (χ1n) is 12.7. The zero-order chi connectivity index (χ0) is 22.6. The van der Waals surface area contributed by atoms with Gasteiger partial charge < -0.3 is 4.11 Å². The number of unbranched alkanes of at least 4 members (excludes halogenated alkanes) is 2. The van der Waals surface area contributed by atoms with E-state index in [9.17, 15) is 8.78 Å². The number of hydrogen-bond donors (Lipinski definition) is 0. The zero-order valence-electron chi connectivity index (χ0n) is 19.4. The highest BCUT2D eigenvalue weighted by Gasteiger charge is 2.46. The van der Waals surface area contributed by atoms with Crippen molar-refractivity contribution < 1.29 is 12.9 Å². The van der Waals surface area contributed by atoms with Gasteiger partial charge in [0.25, 0.3) is 0 Å². The van der Waals surface area contributed by atoms with Crippen LogP contribution in [0.25, 0.3) is 11.1 Å². The molecule has 2 aromatic carbocycles. The normalized spacial score (nSPS) is 28.6. The van der Waals surface area contributed by atoms with Gasteiger partial charge in [0.15, 0.2) is 11.6 Å². The lowest BCUT2D eigenvalue weighted by atomic mass is 9.85. The molecule has 0 unspecified atom stereocenters. The van der Waals surface area contributed by atoms with E-state index < -0.39 is 20.0 Å². The van der Waals surface area contributed by atoms with Crippen LogP contribution in [0.3, 0.4) is 0 Å². The predicted molar refractivity (Wildman–Crippen MR) is 130 cm³/mol. The number of hydrogen-bond acceptors (Lipinski definition) is 0. The molecular formula is C28H37F3Si. The third-order valence-corrected chi connectivity index (χ3v) is 12.5. The Kier molecular flexibility index (Phi) is 7.81. The summed E-state index contributed by atoms with van der Waals surface area (Å²) in [6.07, 6.45) is 12.0. The summed E-state index contributed by atoms with van der Waals surface area (Å²) in [5.41, 5.74) is 3.21. The van der Waals surface area contributed by atoms with E-state index in [-0.39, 0.29) is 0 Å². The summed E-state index contributed by atoms with van der Waals surface area (Å²) in [6.45, 7) is 2.26. The minimum atomic E-state index is -2.63. The maximum Gasteiger partial charge on any atom is 0.250 e. The molecule has 0 atom stereocenters. The van der Waals surface area contributed by atoms with Crippen LogP contribution in [-0.2, 0) is 0 Å². The van der Waals surface area contributed by atoms with Crippen molar-refractivity contribution in [3.05, 3.63) is 59.7 Å². The van der Waals surface area contributed by atoms with Gasteiger partial charge in [-0.15, -0.1) is 0 Å². The van der Waals surface area contributed by atoms with Crippen molar-refractivity contribution in [2.75, 3.05) is 0 Å². The standard InChI is InChI=1S/C28H37F3Si/c1-2-3-4-5-21-6-13-26(14-7-21)32(31)18-16-24(17-19-32)22-8-10-23(11-9-22)25-12-15-27(29)28(30)20-25/h8-12,15,20-21,24,26H,2-7,13-14,16-19H2,1H3/t21-,24?,26-,32?. The topological polar surface area (TPSA) is 0 Å². The quantitative estimate of drug-likeness (QED) is 0.220. The first kappa shape index (κ1) is 23.6. The number of benzene rings is 2. The van der Waals surface area contributed by atoms with E-state index in [2.05, 4.69) is 19.1 Å². The lowest BCUT2D eigenvalue weighted by Crippen LogP contribution is -2.40. The van der Waals surface area contributed by atoms with Crippen molar-refractivity contribution in [2.45, 2.75) is 94.7 Å². The highest BCUT2D eigenvalue weighted by Crippen LogP contribution is 2.50. The zero-order valence-corrected chi connectivity index (χ0v) is 20.4. The van der Waals surface area contributed by atoms with Gasteiger partial charge in [-0.25, -0.2) is 8.78 Å². The Morgan fingerprint density at radius 3 is 2.06 bits per heavy atom. The maximum absolute atomic E-state index is 16.0. The van der Waals surface area contributed by atoms with Crippen LogP contribution in [0.5, 0.6) is 0 Å². The predicted octanol–water partition coefficient (Wildman–Crippen LogP) is 9.56. The third-order valence-electron chi connectivity index (χ3n) is 8.25. The smallest absolute Gasteiger partial charge is 0.250 e. The highest BCUT2D eigenvalue weighted by molar-refractivity contribution is 6.74. The summed E-state index contributed by atoms with van der Waals surface area (Å²) in [4.78, 5) is 0. The van der Waals surface area contributed by atoms with Crippen molar-refractivity contribution >= 4 is 8.41 Å². The van der Waals surface area contributed by atoms with Gasteiger partial charge in [0, 0.05) is 0 Å². The van der Waals surface area contributed by atoms with Gasteiger partial charge in [0.2, 0.25) is 8.41 Å². The van der Waals surface area contributed by atoms with Crippen LogP contribution in [0, 0.1) is 17.6 Å². The summed E-state index contributed by atoms with van der Waals surface area (Å²) in [7, 11) is -2.63. The molecule has 2 aromatic rings. The van der Waals surface area contributed by atoms with Crippen molar-refractivity contribution in [1.82, 2.24) is 0 Å². The summed E-state index contributed by atoms with van der Waals surface area (Å²) in [5, 5.41) is 0. The minimum absolute atomic E-state index is 0.390. The number of rotatable bonds is 7. The Morgan fingerprint density at radius 2 is 1.44 bits per heavy atom. The molecule has 0 aromatic heterocycles. The van der Waals surface area contributed by atoms with Crippen molar-refractivity contribution in [1.29, 1.82) is 0 Å². The van der Waals surface area contributed by atoms with Crippen LogP contribution in [0.4, 0.5) is 12.9 Å². The molecule has 0 N–H and O–H groups in total. The van der Waals surface area contributed by atoms with E-state index in [1.807, 2.05) is 12.1 Å². The molecule has 0 nitrogen and oxygen atoms in total. The summed E-state index contributed by atoms with van der Waals surface area (Å²) >= 11 is 0. The fraction of sp³-hybridized carbons (Fsp3) is 0.571. The van der Waals surface area contributed by atoms with E-state index in [0.29, 0.717) is 17.0 Å². The molecular weight excluding hydrogens is 421 g/mol. The molecule has 32 heavy (non-hydrogen) atoms. The maximum atomic E-state index is 16.0. The molecule has 2 aliphatic rings. The minimum Gasteiger partial charge on any atom is -0.314 e. The number of halogens is 3. The van der Waals surface area contributed by atoms with Crippen molar-refractivity contribution in [3.8, 4) is 11.1 Å². The second-order valence-electron chi connectivity index (χ2n) is 10.3. The highest BCUT2D eigenvalue weighted by atomic mass is 28.4. The van der Waals surface area contributed by atoms with Crippen LogP contribution in [0.1, 0.15) is 82.6 Å². The molecule has 174 valence electrons. The van der Waals surface area contributed by atoms with E-state index in [1.54, 1.807) is 6.07 Å². The molecule has 0 spiro atoms. The Hall–Kier alpha value is -1.55. The van der Waals surface area contributed by atoms with Gasteiger partial charge in [-0.05, 0) is 71.1 Å². The van der Waals surface area contributed by atoms with Gasteiger partial charge in [-0.3, -0.25) is 0 Å². The Labute approximate surface area is 192 Å². The first-order valence-corrected chi connectivity index (χ1v) is 15.1. The lowest BCUT2D eigenvalue weighted by molar-refractivity contribution is 0.316. The Balaban J connectivity index is 1.30. The molecule has 4 rings (SSSR count). The van der Waals surface area contributed by atoms with Crippen molar-refractivity contribution in [3.63, 3.8) is 0 Å². The second-order valence-corrected chi connectivity index (χ2v) is 14.2. The van der Waals surface area contributed by atoms with Gasteiger partial charge in [0.1, 0.15) is 0 Å². The SMILES string of the molecule is CCCCC[C@H]1CC[C@H]([Si]2(F)CCC(c3ccc(-c4ccc(F)c(F)c4)cc3)CC2)CC1. The fourth-order valence-electron chi connectivity index (χ4n) is 6.11. The molecule has 1 aliphatic carbocycles. The molecule has 4 heteroatoms. The average molecular weight is 459 g/mol. The first-order chi connectivity index (χ1) is 15.5. The summed E-state index contributed by atoms with van der Waals surface area (Å²) in [5.74, 6) is -0.370. The third kappa shape index (κ3) is 5.50. The summed E-state index contributed by atoms with van der Waals surface area (Å²) in [6, 6.07) is 13.8. The van der Waals surface area contributed by atoms with Crippen LogP contribution < -0.4 is 0 Å². The van der Waals surface area contributed by atoms with Gasteiger partial charge >= 0.3 is 0 Å². The summed E-state index contributed by atoms with van der Waals surface area (Å²) < 4.78 is 42.8. The molecule has 0 amide bonds. The van der Waals surface area contributed by atoms with Crippen LogP contribution in [0.15, 0.2) is 42.5 Å². The van der Waals surface area contributed by atoms with Gasteiger partial charge in [0.05, 0.1) is 0 Å². The molecule has 1 aliphatic heterocycles. The largest absolute Gasteiger partial charge is 0.314 e.